The number of benzene rings is 3. The number of rotatable bonds is 4. The Balaban J connectivity index is 1.79. The Hall–Kier alpha value is -3.30. The number of nitrogens with zero attached hydrogens (tertiary/aromatic N) is 1. The largest absolute Gasteiger partial charge is 0.360 e. The summed E-state index contributed by atoms with van der Waals surface area (Å²) in [5, 5.41) is 12.2. The van der Waals surface area contributed by atoms with Crippen molar-refractivity contribution in [1.82, 2.24) is 9.97 Å². The molecule has 0 bridgehead atoms. The van der Waals surface area contributed by atoms with Gasteiger partial charge in [0.05, 0.1) is 17.0 Å². The van der Waals surface area contributed by atoms with Crippen molar-refractivity contribution in [2.75, 3.05) is 0 Å². The molecule has 3 aromatic carbocycles. The highest BCUT2D eigenvalue weighted by Gasteiger charge is 2.26. The van der Waals surface area contributed by atoms with E-state index >= 15 is 0 Å². The van der Waals surface area contributed by atoms with E-state index in [1.165, 1.54) is 0 Å². The highest BCUT2D eigenvalue weighted by Crippen LogP contribution is 2.39. The third-order valence-corrected chi connectivity index (χ3v) is 6.49. The molecule has 0 fully saturated rings. The molecule has 2 aromatic heterocycles. The lowest BCUT2D eigenvalue weighted by atomic mass is 9.96. The number of aromatic nitrogens is 2. The van der Waals surface area contributed by atoms with E-state index in [-0.39, 0.29) is 5.78 Å². The second kappa shape index (κ2) is 8.57. The molecule has 0 spiro atoms. The van der Waals surface area contributed by atoms with Gasteiger partial charge in [0.1, 0.15) is 6.07 Å². The molecule has 0 amide bonds. The van der Waals surface area contributed by atoms with E-state index < -0.39 is 0 Å². The van der Waals surface area contributed by atoms with Crippen molar-refractivity contribution in [2.45, 2.75) is 0 Å². The summed E-state index contributed by atoms with van der Waals surface area (Å²) in [6.07, 6.45) is 1.84. The fourth-order valence-corrected chi connectivity index (χ4v) is 4.55. The third-order valence-electron chi connectivity index (χ3n) is 5.49. The number of hydrogen-bond donors (Lipinski definition) is 2. The van der Waals surface area contributed by atoms with Crippen LogP contribution in [0.25, 0.3) is 33.3 Å². The van der Waals surface area contributed by atoms with Gasteiger partial charge in [-0.15, -0.1) is 0 Å². The number of fused-ring (bicyclic) bond motifs is 1. The van der Waals surface area contributed by atoms with Gasteiger partial charge in [-0.25, -0.2) is 0 Å². The van der Waals surface area contributed by atoms with Gasteiger partial charge >= 0.3 is 0 Å². The number of nitriles is 1. The van der Waals surface area contributed by atoms with Crippen molar-refractivity contribution < 1.29 is 4.79 Å². The number of carbonyl (C=O) groups excluding carboxylic acids is 1. The fourth-order valence-electron chi connectivity index (χ4n) is 3.93. The summed E-state index contributed by atoms with van der Waals surface area (Å²) in [5.41, 5.74) is 4.73. The molecule has 4 nitrogen and oxygen atoms in total. The number of hydrogen-bond acceptors (Lipinski definition) is 2. The second-order valence-corrected chi connectivity index (χ2v) is 9.26. The summed E-state index contributed by atoms with van der Waals surface area (Å²) in [6.45, 7) is 0. The van der Waals surface area contributed by atoms with Gasteiger partial charge in [-0.3, -0.25) is 4.79 Å². The average molecular weight is 535 g/mol. The standard InChI is InChI=1S/C26H14BrCl2N3O/c27-16-5-10-22-19(11-16)21(13-31-22)24-20(12-30)23(14-1-6-17(28)7-2-14)25(32-24)26(33)15-3-8-18(29)9-4-15/h1-11,13,31-32H. The van der Waals surface area contributed by atoms with Crippen LogP contribution in [0.4, 0.5) is 0 Å². The van der Waals surface area contributed by atoms with Crippen molar-refractivity contribution in [2.24, 2.45) is 0 Å². The predicted molar refractivity (Wildman–Crippen MR) is 136 cm³/mol. The van der Waals surface area contributed by atoms with Gasteiger partial charge in [0.2, 0.25) is 5.78 Å². The lowest BCUT2D eigenvalue weighted by Crippen LogP contribution is -2.03. The van der Waals surface area contributed by atoms with Gasteiger partial charge in [0.15, 0.2) is 0 Å². The van der Waals surface area contributed by atoms with Crippen LogP contribution in [0.2, 0.25) is 10.0 Å². The molecular weight excluding hydrogens is 521 g/mol. The first-order chi connectivity index (χ1) is 16.0. The molecule has 0 aliphatic heterocycles. The van der Waals surface area contributed by atoms with Crippen molar-refractivity contribution >= 4 is 55.8 Å². The first-order valence-electron chi connectivity index (χ1n) is 9.95. The van der Waals surface area contributed by atoms with E-state index in [0.717, 1.165) is 26.5 Å². The quantitative estimate of drug-likeness (QED) is 0.229. The normalized spacial score (nSPS) is 11.0. The van der Waals surface area contributed by atoms with Crippen LogP contribution in [-0.4, -0.2) is 15.8 Å². The second-order valence-electron chi connectivity index (χ2n) is 7.47. The Morgan fingerprint density at radius 1 is 0.939 bits per heavy atom. The minimum absolute atomic E-state index is 0.236. The molecule has 160 valence electrons. The monoisotopic (exact) mass is 533 g/mol. The molecule has 2 N–H and O–H groups in total. The molecule has 0 unspecified atom stereocenters. The lowest BCUT2D eigenvalue weighted by molar-refractivity contribution is 0.103. The number of ketones is 1. The van der Waals surface area contributed by atoms with E-state index in [4.69, 9.17) is 23.2 Å². The molecule has 7 heteroatoms. The molecule has 0 aliphatic rings. The number of carbonyl (C=O) groups is 1. The van der Waals surface area contributed by atoms with E-state index in [2.05, 4.69) is 32.0 Å². The van der Waals surface area contributed by atoms with E-state index in [9.17, 15) is 10.1 Å². The first kappa shape index (κ1) is 21.5. The molecule has 0 saturated heterocycles. The molecule has 0 aliphatic carbocycles. The number of halogens is 3. The lowest BCUT2D eigenvalue weighted by Gasteiger charge is -2.05. The number of nitrogens with one attached hydrogen (secondary N) is 2. The molecule has 33 heavy (non-hydrogen) atoms. The summed E-state index contributed by atoms with van der Waals surface area (Å²) in [7, 11) is 0. The van der Waals surface area contributed by atoms with Crippen LogP contribution in [0.15, 0.2) is 77.4 Å². The molecule has 0 atom stereocenters. The molecule has 5 aromatic rings. The van der Waals surface area contributed by atoms with Crippen LogP contribution in [-0.2, 0) is 0 Å². The smallest absolute Gasteiger partial charge is 0.209 e. The van der Waals surface area contributed by atoms with Gasteiger partial charge in [-0.05, 0) is 60.2 Å². The first-order valence-corrected chi connectivity index (χ1v) is 11.5. The Kier molecular flexibility index (Phi) is 5.59. The number of aromatic amines is 2. The molecule has 5 rings (SSSR count). The van der Waals surface area contributed by atoms with Crippen LogP contribution in [0.3, 0.4) is 0 Å². The zero-order chi connectivity index (χ0) is 23.1. The van der Waals surface area contributed by atoms with Crippen LogP contribution in [0.5, 0.6) is 0 Å². The van der Waals surface area contributed by atoms with Gasteiger partial charge in [-0.1, -0.05) is 51.3 Å². The van der Waals surface area contributed by atoms with Crippen molar-refractivity contribution in [3.05, 3.63) is 104 Å². The predicted octanol–water partition coefficient (Wildman–Crippen LogP) is 8.00. The van der Waals surface area contributed by atoms with Crippen LogP contribution < -0.4 is 0 Å². The molecule has 0 radical (unpaired) electrons. The van der Waals surface area contributed by atoms with Crippen molar-refractivity contribution in [3.63, 3.8) is 0 Å². The van der Waals surface area contributed by atoms with Crippen LogP contribution >= 0.6 is 39.1 Å². The third kappa shape index (κ3) is 3.87. The highest BCUT2D eigenvalue weighted by atomic mass is 79.9. The zero-order valence-electron chi connectivity index (χ0n) is 16.9. The summed E-state index contributed by atoms with van der Waals surface area (Å²) >= 11 is 15.6. The van der Waals surface area contributed by atoms with Gasteiger partial charge in [-0.2, -0.15) is 5.26 Å². The van der Waals surface area contributed by atoms with E-state index in [1.807, 2.05) is 24.4 Å². The molecular formula is C26H14BrCl2N3O. The summed E-state index contributed by atoms with van der Waals surface area (Å²) in [6, 6.07) is 22.0. The van der Waals surface area contributed by atoms with E-state index in [1.54, 1.807) is 48.5 Å². The number of H-pyrrole nitrogens is 2. The Bertz CT molecular complexity index is 1560. The maximum atomic E-state index is 13.6. The SMILES string of the molecule is N#Cc1c(-c2c[nH]c3ccc(Br)cc23)[nH]c(C(=O)c2ccc(Cl)cc2)c1-c1ccc(Cl)cc1. The maximum Gasteiger partial charge on any atom is 0.209 e. The maximum absolute atomic E-state index is 13.6. The topological polar surface area (TPSA) is 72.4 Å². The van der Waals surface area contributed by atoms with Crippen molar-refractivity contribution in [1.29, 1.82) is 5.26 Å². The summed E-state index contributed by atoms with van der Waals surface area (Å²) in [5.74, 6) is -0.236. The Morgan fingerprint density at radius 3 is 2.27 bits per heavy atom. The Labute approximate surface area is 207 Å². The van der Waals surface area contributed by atoms with Gasteiger partial charge in [0, 0.05) is 48.3 Å². The summed E-state index contributed by atoms with van der Waals surface area (Å²) < 4.78 is 0.913. The van der Waals surface area contributed by atoms with Gasteiger partial charge < -0.3 is 9.97 Å². The molecule has 2 heterocycles. The van der Waals surface area contributed by atoms with E-state index in [0.29, 0.717) is 38.1 Å². The zero-order valence-corrected chi connectivity index (χ0v) is 20.0. The minimum Gasteiger partial charge on any atom is -0.360 e. The van der Waals surface area contributed by atoms with Crippen LogP contribution in [0.1, 0.15) is 21.6 Å². The Morgan fingerprint density at radius 2 is 1.61 bits per heavy atom. The fraction of sp³-hybridized carbons (Fsp3) is 0. The van der Waals surface area contributed by atoms with Crippen molar-refractivity contribution in [3.8, 4) is 28.5 Å². The average Bonchev–Trinajstić information content (AvgIpc) is 3.40. The highest BCUT2D eigenvalue weighted by molar-refractivity contribution is 9.10. The van der Waals surface area contributed by atoms with Crippen LogP contribution in [0, 0.1) is 11.3 Å². The molecule has 0 saturated carbocycles. The minimum atomic E-state index is -0.236. The van der Waals surface area contributed by atoms with Gasteiger partial charge in [0.25, 0.3) is 0 Å². The summed E-state index contributed by atoms with van der Waals surface area (Å²) in [4.78, 5) is 20.1.